The summed E-state index contributed by atoms with van der Waals surface area (Å²) in [5, 5.41) is 92.1. The summed E-state index contributed by atoms with van der Waals surface area (Å²) in [5.74, 6) is -22.7. The number of aliphatic imine (C=N–C) groups is 1. The normalized spacial score (nSPS) is 16.1. The highest BCUT2D eigenvalue weighted by atomic mass is 16.4. The number of nitrogens with two attached hydrogens (primary N) is 2. The van der Waals surface area contributed by atoms with Gasteiger partial charge in [-0.1, -0.05) is 50.6 Å². The molecule has 10 amide bonds. The number of benzene rings is 1. The number of hydrogen-bond donors (Lipinski definition) is 20. The Labute approximate surface area is 519 Å². The molecule has 2 rings (SSSR count). The van der Waals surface area contributed by atoms with Gasteiger partial charge in [-0.25, -0.2) is 4.79 Å². The zero-order chi connectivity index (χ0) is 68.7. The Hall–Kier alpha value is -10.1. The summed E-state index contributed by atoms with van der Waals surface area (Å²) in [6.45, 7) is 3.63. The summed E-state index contributed by atoms with van der Waals surface area (Å²) in [7, 11) is 0. The largest absolute Gasteiger partial charge is 0.481 e. The first-order chi connectivity index (χ1) is 42.7. The van der Waals surface area contributed by atoms with Crippen molar-refractivity contribution in [3.63, 3.8) is 0 Å². The molecule has 22 N–H and O–H groups in total. The van der Waals surface area contributed by atoms with E-state index in [-0.39, 0.29) is 38.2 Å². The fourth-order valence-electron chi connectivity index (χ4n) is 8.72. The number of amides is 10. The Balaban J connectivity index is 2.47. The summed E-state index contributed by atoms with van der Waals surface area (Å²) in [6, 6.07) is -8.98. The quantitative estimate of drug-likeness (QED) is 0.0164. The van der Waals surface area contributed by atoms with Gasteiger partial charge in [-0.2, -0.15) is 0 Å². The predicted octanol–water partition coefficient (Wildman–Crippen LogP) is -6.82. The molecule has 1 fully saturated rings. The average molecular weight is 1290 g/mol. The van der Waals surface area contributed by atoms with Crippen LogP contribution in [0, 0.1) is 5.92 Å². The van der Waals surface area contributed by atoms with E-state index in [1.165, 1.54) is 6.92 Å². The molecule has 0 saturated carbocycles. The van der Waals surface area contributed by atoms with E-state index >= 15 is 0 Å². The van der Waals surface area contributed by atoms with Crippen molar-refractivity contribution in [2.75, 3.05) is 19.6 Å². The van der Waals surface area contributed by atoms with Crippen LogP contribution in [0.2, 0.25) is 0 Å². The Kier molecular flexibility index (Phi) is 33.1. The second kappa shape index (κ2) is 39.0. The number of nitrogens with one attached hydrogen (secondary N) is 11. The van der Waals surface area contributed by atoms with Crippen LogP contribution in [0.3, 0.4) is 0 Å². The average Bonchev–Trinajstić information content (AvgIpc) is 1.69. The standard InChI is InChI=1S/C54H80N14O23/c1-4-25(2)42(67-50(87)32(20-27-10-6-5-7-11-27)64-47(84)31(15-17-38(73)74)63-52(89)43(26(3)69)68-45(82)28-12-8-18-57-28)51(88)62-29(13-9-19-58-54(55)56)46(83)61-30(14-16-37(71)72)44(81)59-24-36(70)60-33(21-39(75)76)48(85)65-34(22-40(77)78)49(86)66-35(53(90)91)23-41(79)80/h5-7,10-11,25-26,28-35,42-43,57,69H,4,8-9,12-24H2,1-3H3,(H,59,81)(H,60,70)(H,61,83)(H,62,88)(H,63,89)(H,64,84)(H,65,85)(H,66,86)(H,67,87)(H,68,82)(H,71,72)(H,73,74)(H,75,76)(H,77,78)(H,79,80)(H,90,91)(H4,55,56,58)/t25-,26+,28-,29-,30-,31-,32-,33-,34-,35-,42-,43-/m0/s1. The van der Waals surface area contributed by atoms with Crippen LogP contribution < -0.4 is 70.0 Å². The second-order valence-corrected chi connectivity index (χ2v) is 21.1. The van der Waals surface area contributed by atoms with Crippen LogP contribution >= 0.6 is 0 Å². The van der Waals surface area contributed by atoms with Gasteiger partial charge in [-0.15, -0.1) is 0 Å². The SMILES string of the molecule is CC[C@H](C)[C@H](NC(=O)[C@H](Cc1ccccc1)NC(=O)[C@H](CCC(=O)O)NC(=O)[C@@H](NC(=O)[C@@H]1CCCN1)[C@@H](C)O)C(=O)N[C@@H](CCCN=C(N)N)C(=O)N[C@@H](CCC(=O)O)C(=O)NCC(=O)N[C@@H](CC(=O)O)C(=O)N[C@@H](CC(=O)O)C(=O)N[C@@H](CC(=O)O)C(=O)O. The number of carbonyl (C=O) groups excluding carboxylic acids is 10. The number of guanidine groups is 1. The van der Waals surface area contributed by atoms with Crippen molar-refractivity contribution in [3.8, 4) is 0 Å². The maximum atomic E-state index is 14.5. The van der Waals surface area contributed by atoms with Crippen molar-refractivity contribution < 1.29 is 112 Å². The highest BCUT2D eigenvalue weighted by Gasteiger charge is 2.38. The smallest absolute Gasteiger partial charge is 0.326 e. The van der Waals surface area contributed by atoms with E-state index in [4.69, 9.17) is 16.6 Å². The van der Waals surface area contributed by atoms with E-state index in [0.29, 0.717) is 24.9 Å². The molecule has 37 heteroatoms. The molecule has 0 radical (unpaired) electrons. The number of aliphatic hydroxyl groups excluding tert-OH is 1. The molecular weight excluding hydrogens is 1210 g/mol. The molecule has 0 aliphatic carbocycles. The maximum Gasteiger partial charge on any atom is 0.326 e. The highest BCUT2D eigenvalue weighted by Crippen LogP contribution is 2.14. The van der Waals surface area contributed by atoms with Crippen LogP contribution in [0.5, 0.6) is 0 Å². The van der Waals surface area contributed by atoms with E-state index in [1.807, 2.05) is 10.6 Å². The lowest BCUT2D eigenvalue weighted by molar-refractivity contribution is -0.148. The molecule has 1 aromatic carbocycles. The first-order valence-electron chi connectivity index (χ1n) is 28.6. The Bertz CT molecular complexity index is 2810. The number of nitrogens with zero attached hydrogens (tertiary/aromatic N) is 1. The van der Waals surface area contributed by atoms with Crippen LogP contribution in [0.4, 0.5) is 0 Å². The number of carbonyl (C=O) groups is 16. The molecule has 1 aliphatic heterocycles. The third-order valence-electron chi connectivity index (χ3n) is 13.7. The predicted molar refractivity (Wildman–Crippen MR) is 311 cm³/mol. The third-order valence-corrected chi connectivity index (χ3v) is 13.7. The molecule has 504 valence electrons. The van der Waals surface area contributed by atoms with Crippen LogP contribution in [0.15, 0.2) is 35.3 Å². The second-order valence-electron chi connectivity index (χ2n) is 21.1. The Morgan fingerprint density at radius 2 is 0.989 bits per heavy atom. The van der Waals surface area contributed by atoms with E-state index in [1.54, 1.807) is 49.5 Å². The summed E-state index contributed by atoms with van der Waals surface area (Å²) in [6.07, 6.45) is -7.31. The minimum atomic E-state index is -2.18. The van der Waals surface area contributed by atoms with Crippen molar-refractivity contribution in [3.05, 3.63) is 35.9 Å². The Morgan fingerprint density at radius 3 is 1.47 bits per heavy atom. The van der Waals surface area contributed by atoms with Crippen molar-refractivity contribution in [2.45, 2.75) is 171 Å². The molecule has 12 atom stereocenters. The van der Waals surface area contributed by atoms with Crippen LogP contribution in [0.1, 0.15) is 103 Å². The lowest BCUT2D eigenvalue weighted by Gasteiger charge is -2.30. The van der Waals surface area contributed by atoms with Crippen molar-refractivity contribution in [2.24, 2.45) is 22.4 Å². The summed E-state index contributed by atoms with van der Waals surface area (Å²) >= 11 is 0. The fraction of sp³-hybridized carbons (Fsp3) is 0.574. The number of carboxylic acid groups (broad SMARTS) is 6. The lowest BCUT2D eigenvalue weighted by atomic mass is 9.96. The molecule has 1 aliphatic rings. The van der Waals surface area contributed by atoms with Crippen LogP contribution in [-0.2, 0) is 83.1 Å². The number of carboxylic acids is 6. The molecule has 91 heavy (non-hydrogen) atoms. The van der Waals surface area contributed by atoms with E-state index < -0.39 is 219 Å². The minimum Gasteiger partial charge on any atom is -0.481 e. The number of aliphatic hydroxyl groups is 1. The zero-order valence-corrected chi connectivity index (χ0v) is 49.9. The molecule has 1 heterocycles. The number of rotatable bonds is 42. The van der Waals surface area contributed by atoms with Gasteiger partial charge in [0.15, 0.2) is 5.96 Å². The minimum absolute atomic E-state index is 0.0595. The molecule has 1 aromatic rings. The van der Waals surface area contributed by atoms with Crippen LogP contribution in [0.25, 0.3) is 0 Å². The van der Waals surface area contributed by atoms with Gasteiger partial charge >= 0.3 is 35.8 Å². The molecular formula is C54H80N14O23. The van der Waals surface area contributed by atoms with E-state index in [9.17, 15) is 107 Å². The maximum absolute atomic E-state index is 14.5. The molecule has 0 aromatic heterocycles. The van der Waals surface area contributed by atoms with Gasteiger partial charge in [0.05, 0.1) is 38.0 Å². The van der Waals surface area contributed by atoms with Gasteiger partial charge in [0.1, 0.15) is 54.4 Å². The molecule has 37 nitrogen and oxygen atoms in total. The third kappa shape index (κ3) is 29.2. The fourth-order valence-corrected chi connectivity index (χ4v) is 8.72. The first-order valence-corrected chi connectivity index (χ1v) is 28.6. The molecule has 0 bridgehead atoms. The van der Waals surface area contributed by atoms with Crippen molar-refractivity contribution >= 4 is 101 Å². The van der Waals surface area contributed by atoms with Gasteiger partial charge in [-0.3, -0.25) is 76.9 Å². The summed E-state index contributed by atoms with van der Waals surface area (Å²) in [5.41, 5.74) is 11.4. The van der Waals surface area contributed by atoms with E-state index in [2.05, 4.69) is 47.5 Å². The van der Waals surface area contributed by atoms with Crippen molar-refractivity contribution in [1.82, 2.24) is 58.5 Å². The van der Waals surface area contributed by atoms with Crippen molar-refractivity contribution in [1.29, 1.82) is 0 Å². The number of aliphatic carboxylic acids is 6. The van der Waals surface area contributed by atoms with Gasteiger partial charge in [0.2, 0.25) is 59.1 Å². The highest BCUT2D eigenvalue weighted by molar-refractivity contribution is 6.00. The lowest BCUT2D eigenvalue weighted by Crippen LogP contribution is -2.62. The van der Waals surface area contributed by atoms with E-state index in [0.717, 1.165) is 0 Å². The monoisotopic (exact) mass is 1290 g/mol. The number of hydrogen-bond acceptors (Lipinski definition) is 19. The van der Waals surface area contributed by atoms with Crippen LogP contribution in [-0.4, -0.2) is 223 Å². The summed E-state index contributed by atoms with van der Waals surface area (Å²) in [4.78, 5) is 210. The Morgan fingerprint density at radius 1 is 0.538 bits per heavy atom. The molecule has 1 saturated heterocycles. The van der Waals surface area contributed by atoms with Gasteiger partial charge in [0.25, 0.3) is 0 Å². The summed E-state index contributed by atoms with van der Waals surface area (Å²) < 4.78 is 0. The first kappa shape index (κ1) is 77.0. The van der Waals surface area contributed by atoms with Gasteiger partial charge < -0.3 is 106 Å². The topological polar surface area (TPSA) is 611 Å². The van der Waals surface area contributed by atoms with Gasteiger partial charge in [0, 0.05) is 25.8 Å². The van der Waals surface area contributed by atoms with Gasteiger partial charge in [-0.05, 0) is 63.5 Å². The molecule has 0 unspecified atom stereocenters. The molecule has 0 spiro atoms. The zero-order valence-electron chi connectivity index (χ0n) is 49.9.